The van der Waals surface area contributed by atoms with Crippen LogP contribution >= 0.6 is 0 Å². The van der Waals surface area contributed by atoms with Crippen molar-refractivity contribution in [1.29, 1.82) is 0 Å². The highest BCUT2D eigenvalue weighted by Crippen LogP contribution is 2.28. The lowest BCUT2D eigenvalue weighted by atomic mass is 10.2. The Morgan fingerprint density at radius 3 is 2.56 bits per heavy atom. The number of hydrogen-bond acceptors (Lipinski definition) is 4. The van der Waals surface area contributed by atoms with E-state index in [1.54, 1.807) is 14.2 Å². The quantitative estimate of drug-likeness (QED) is 0.663. The van der Waals surface area contributed by atoms with Gasteiger partial charge in [0.1, 0.15) is 11.5 Å². The minimum atomic E-state index is 0.831. The summed E-state index contributed by atoms with van der Waals surface area (Å²) in [6, 6.07) is 5.75. The summed E-state index contributed by atoms with van der Waals surface area (Å²) in [5.41, 5.74) is 0.967. The highest BCUT2D eigenvalue weighted by Gasteiger charge is 2.03. The molecule has 0 saturated carbocycles. The molecule has 0 atom stereocenters. The van der Waals surface area contributed by atoms with Crippen LogP contribution in [-0.4, -0.2) is 33.9 Å². The lowest BCUT2D eigenvalue weighted by Gasteiger charge is -2.12. The van der Waals surface area contributed by atoms with Crippen LogP contribution < -0.4 is 20.1 Å². The molecule has 102 valence electrons. The standard InChI is InChI=1S/C14H24N2O2/c1-4-5-8-15-9-10-16-13-11-12(17-2)6-7-14(13)18-3/h6-7,11,15-16H,4-5,8-10H2,1-3H3. The van der Waals surface area contributed by atoms with Crippen molar-refractivity contribution in [3.63, 3.8) is 0 Å². The molecule has 0 aromatic heterocycles. The molecule has 0 aliphatic carbocycles. The minimum Gasteiger partial charge on any atom is -0.497 e. The van der Waals surface area contributed by atoms with Crippen LogP contribution in [0.4, 0.5) is 5.69 Å². The van der Waals surface area contributed by atoms with Crippen molar-refractivity contribution in [1.82, 2.24) is 5.32 Å². The smallest absolute Gasteiger partial charge is 0.142 e. The summed E-state index contributed by atoms with van der Waals surface area (Å²) in [6.07, 6.45) is 2.45. The molecule has 0 aliphatic rings. The van der Waals surface area contributed by atoms with Gasteiger partial charge in [0.2, 0.25) is 0 Å². The third-order valence-electron chi connectivity index (χ3n) is 2.73. The number of nitrogens with one attached hydrogen (secondary N) is 2. The van der Waals surface area contributed by atoms with Gasteiger partial charge in [-0.05, 0) is 25.1 Å². The fourth-order valence-corrected chi connectivity index (χ4v) is 1.66. The molecular formula is C14H24N2O2. The number of ether oxygens (including phenoxy) is 2. The van der Waals surface area contributed by atoms with E-state index in [0.29, 0.717) is 0 Å². The Balaban J connectivity index is 2.39. The van der Waals surface area contributed by atoms with E-state index in [4.69, 9.17) is 9.47 Å². The van der Waals surface area contributed by atoms with Gasteiger partial charge >= 0.3 is 0 Å². The van der Waals surface area contributed by atoms with Gasteiger partial charge in [0, 0.05) is 19.2 Å². The van der Waals surface area contributed by atoms with Crippen molar-refractivity contribution in [2.24, 2.45) is 0 Å². The van der Waals surface area contributed by atoms with Crippen LogP contribution in [0.5, 0.6) is 11.5 Å². The molecule has 0 fully saturated rings. The van der Waals surface area contributed by atoms with Crippen molar-refractivity contribution in [3.8, 4) is 11.5 Å². The first-order valence-electron chi connectivity index (χ1n) is 6.48. The van der Waals surface area contributed by atoms with E-state index in [-0.39, 0.29) is 0 Å². The molecule has 4 nitrogen and oxygen atoms in total. The molecule has 1 rings (SSSR count). The molecule has 18 heavy (non-hydrogen) atoms. The maximum Gasteiger partial charge on any atom is 0.142 e. The number of unbranched alkanes of at least 4 members (excludes halogenated alkanes) is 1. The van der Waals surface area contributed by atoms with Crippen LogP contribution in [0.25, 0.3) is 0 Å². The molecule has 0 bridgehead atoms. The second-order valence-electron chi connectivity index (χ2n) is 4.10. The van der Waals surface area contributed by atoms with Gasteiger partial charge in [-0.3, -0.25) is 0 Å². The van der Waals surface area contributed by atoms with Crippen LogP contribution in [0.3, 0.4) is 0 Å². The molecule has 0 spiro atoms. The molecule has 4 heteroatoms. The highest BCUT2D eigenvalue weighted by molar-refractivity contribution is 5.59. The maximum absolute atomic E-state index is 5.30. The van der Waals surface area contributed by atoms with Crippen molar-refractivity contribution in [2.75, 3.05) is 39.2 Å². The van der Waals surface area contributed by atoms with Gasteiger partial charge in [0.15, 0.2) is 0 Å². The predicted octanol–water partition coefficient (Wildman–Crippen LogP) is 2.51. The number of anilines is 1. The first-order valence-corrected chi connectivity index (χ1v) is 6.48. The second-order valence-corrected chi connectivity index (χ2v) is 4.10. The third kappa shape index (κ3) is 4.84. The lowest BCUT2D eigenvalue weighted by molar-refractivity contribution is 0.404. The van der Waals surface area contributed by atoms with Gasteiger partial charge in [-0.25, -0.2) is 0 Å². The Kier molecular flexibility index (Phi) is 7.03. The average Bonchev–Trinajstić information content (AvgIpc) is 2.42. The maximum atomic E-state index is 5.30. The fourth-order valence-electron chi connectivity index (χ4n) is 1.66. The van der Waals surface area contributed by atoms with Gasteiger partial charge in [-0.15, -0.1) is 0 Å². The van der Waals surface area contributed by atoms with Crippen LogP contribution in [0.15, 0.2) is 18.2 Å². The van der Waals surface area contributed by atoms with Crippen LogP contribution in [-0.2, 0) is 0 Å². The van der Waals surface area contributed by atoms with Gasteiger partial charge in [-0.2, -0.15) is 0 Å². The van der Waals surface area contributed by atoms with E-state index in [1.165, 1.54) is 12.8 Å². The van der Waals surface area contributed by atoms with Crippen molar-refractivity contribution >= 4 is 5.69 Å². The summed E-state index contributed by atoms with van der Waals surface area (Å²) in [4.78, 5) is 0. The predicted molar refractivity (Wildman–Crippen MR) is 75.8 cm³/mol. The summed E-state index contributed by atoms with van der Waals surface area (Å²) in [5, 5.41) is 6.74. The zero-order valence-electron chi connectivity index (χ0n) is 11.6. The van der Waals surface area contributed by atoms with E-state index in [1.807, 2.05) is 18.2 Å². The van der Waals surface area contributed by atoms with Gasteiger partial charge in [0.25, 0.3) is 0 Å². The normalized spacial score (nSPS) is 10.2. The van der Waals surface area contributed by atoms with E-state index in [2.05, 4.69) is 17.6 Å². The SMILES string of the molecule is CCCCNCCNc1cc(OC)ccc1OC. The molecule has 1 aromatic carbocycles. The minimum absolute atomic E-state index is 0.831. The molecule has 0 saturated heterocycles. The van der Waals surface area contributed by atoms with Crippen molar-refractivity contribution in [3.05, 3.63) is 18.2 Å². The van der Waals surface area contributed by atoms with E-state index >= 15 is 0 Å². The molecule has 0 aliphatic heterocycles. The summed E-state index contributed by atoms with van der Waals surface area (Å²) in [7, 11) is 3.34. The Morgan fingerprint density at radius 2 is 1.89 bits per heavy atom. The van der Waals surface area contributed by atoms with Crippen molar-refractivity contribution in [2.45, 2.75) is 19.8 Å². The average molecular weight is 252 g/mol. The summed E-state index contributed by atoms with van der Waals surface area (Å²) in [5.74, 6) is 1.67. The third-order valence-corrected chi connectivity index (χ3v) is 2.73. The summed E-state index contributed by atoms with van der Waals surface area (Å²) in [6.45, 7) is 5.09. The Bertz CT molecular complexity index is 343. The zero-order chi connectivity index (χ0) is 13.2. The van der Waals surface area contributed by atoms with Crippen LogP contribution in [0.1, 0.15) is 19.8 Å². The number of hydrogen-bond donors (Lipinski definition) is 2. The van der Waals surface area contributed by atoms with Crippen molar-refractivity contribution < 1.29 is 9.47 Å². The monoisotopic (exact) mass is 252 g/mol. The molecular weight excluding hydrogens is 228 g/mol. The van der Waals surface area contributed by atoms with E-state index < -0.39 is 0 Å². The number of rotatable bonds is 9. The van der Waals surface area contributed by atoms with Crippen LogP contribution in [0, 0.1) is 0 Å². The Hall–Kier alpha value is -1.42. The topological polar surface area (TPSA) is 42.5 Å². The van der Waals surface area contributed by atoms with E-state index in [9.17, 15) is 0 Å². The first kappa shape index (κ1) is 14.6. The number of methoxy groups -OCH3 is 2. The first-order chi connectivity index (χ1) is 8.81. The largest absolute Gasteiger partial charge is 0.497 e. The summed E-state index contributed by atoms with van der Waals surface area (Å²) >= 11 is 0. The Labute approximate surface area is 110 Å². The molecule has 0 unspecified atom stereocenters. The Morgan fingerprint density at radius 1 is 1.06 bits per heavy atom. The van der Waals surface area contributed by atoms with E-state index in [0.717, 1.165) is 36.8 Å². The molecule has 0 heterocycles. The van der Waals surface area contributed by atoms with Gasteiger partial charge < -0.3 is 20.1 Å². The van der Waals surface area contributed by atoms with Crippen LogP contribution in [0.2, 0.25) is 0 Å². The zero-order valence-corrected chi connectivity index (χ0v) is 11.6. The lowest BCUT2D eigenvalue weighted by Crippen LogP contribution is -2.23. The second kappa shape index (κ2) is 8.64. The molecule has 0 amide bonds. The summed E-state index contributed by atoms with van der Waals surface area (Å²) < 4.78 is 10.5. The van der Waals surface area contributed by atoms with Gasteiger partial charge in [-0.1, -0.05) is 13.3 Å². The molecule has 0 radical (unpaired) electrons. The highest BCUT2D eigenvalue weighted by atomic mass is 16.5. The molecule has 2 N–H and O–H groups in total. The fraction of sp³-hybridized carbons (Fsp3) is 0.571. The molecule has 1 aromatic rings. The van der Waals surface area contributed by atoms with Gasteiger partial charge in [0.05, 0.1) is 19.9 Å². The number of benzene rings is 1.